The first kappa shape index (κ1) is 22.9. The maximum Gasteiger partial charge on any atom is 0.319 e. The van der Waals surface area contributed by atoms with Crippen LogP contribution in [0.25, 0.3) is 0 Å². The molecule has 0 aliphatic rings. The molecule has 0 saturated carbocycles. The van der Waals surface area contributed by atoms with Gasteiger partial charge in [0.2, 0.25) is 0 Å². The van der Waals surface area contributed by atoms with Crippen LogP contribution in [0.5, 0.6) is 11.5 Å². The monoisotopic (exact) mass is 413 g/mol. The van der Waals surface area contributed by atoms with Crippen LogP contribution in [-0.4, -0.2) is 38.8 Å². The van der Waals surface area contributed by atoms with E-state index in [1.807, 2.05) is 63.2 Å². The second-order valence-corrected chi connectivity index (χ2v) is 6.80. The Morgan fingerprint density at radius 1 is 1.03 bits per heavy atom. The number of benzene rings is 2. The van der Waals surface area contributed by atoms with Crippen molar-refractivity contribution in [1.82, 2.24) is 10.6 Å². The van der Waals surface area contributed by atoms with Crippen molar-refractivity contribution in [3.63, 3.8) is 0 Å². The Hall–Kier alpha value is -3.42. The van der Waals surface area contributed by atoms with Crippen molar-refractivity contribution >= 4 is 23.4 Å². The molecule has 2 aromatic carbocycles. The first-order valence-electron chi connectivity index (χ1n) is 9.90. The average Bonchev–Trinajstić information content (AvgIpc) is 2.72. The van der Waals surface area contributed by atoms with Crippen LogP contribution in [0, 0.1) is 0 Å². The summed E-state index contributed by atoms with van der Waals surface area (Å²) < 4.78 is 10.9. The molecule has 0 bridgehead atoms. The Morgan fingerprint density at radius 2 is 1.73 bits per heavy atom. The van der Waals surface area contributed by atoms with Gasteiger partial charge in [-0.2, -0.15) is 0 Å². The number of urea groups is 1. The van der Waals surface area contributed by atoms with E-state index in [2.05, 4.69) is 26.3 Å². The summed E-state index contributed by atoms with van der Waals surface area (Å²) in [6.45, 7) is 6.91. The highest BCUT2D eigenvalue weighted by atomic mass is 16.5. The number of hydrogen-bond donors (Lipinski definition) is 4. The number of amides is 2. The third-order valence-corrected chi connectivity index (χ3v) is 4.04. The van der Waals surface area contributed by atoms with Gasteiger partial charge in [-0.05, 0) is 50.6 Å². The predicted molar refractivity (Wildman–Crippen MR) is 122 cm³/mol. The van der Waals surface area contributed by atoms with E-state index in [0.717, 1.165) is 16.9 Å². The van der Waals surface area contributed by atoms with E-state index in [-0.39, 0.29) is 12.1 Å². The predicted octanol–water partition coefficient (Wildman–Crippen LogP) is 3.81. The van der Waals surface area contributed by atoms with Gasteiger partial charge in [-0.25, -0.2) is 4.79 Å². The maximum atomic E-state index is 11.8. The highest BCUT2D eigenvalue weighted by Crippen LogP contribution is 2.30. The lowest BCUT2D eigenvalue weighted by Crippen LogP contribution is -2.34. The van der Waals surface area contributed by atoms with Crippen molar-refractivity contribution in [2.75, 3.05) is 31.4 Å². The van der Waals surface area contributed by atoms with Crippen molar-refractivity contribution in [2.45, 2.75) is 33.4 Å². The number of ether oxygens (including phenoxy) is 2. The highest BCUT2D eigenvalue weighted by Gasteiger charge is 2.07. The third-order valence-electron chi connectivity index (χ3n) is 4.04. The molecule has 2 aromatic rings. The van der Waals surface area contributed by atoms with Crippen LogP contribution in [-0.2, 0) is 6.54 Å². The molecule has 162 valence electrons. The Labute approximate surface area is 178 Å². The van der Waals surface area contributed by atoms with Gasteiger partial charge in [-0.3, -0.25) is 4.99 Å². The van der Waals surface area contributed by atoms with Gasteiger partial charge in [0.05, 0.1) is 13.7 Å². The van der Waals surface area contributed by atoms with Gasteiger partial charge in [-0.1, -0.05) is 12.1 Å². The molecule has 30 heavy (non-hydrogen) atoms. The molecule has 4 N–H and O–H groups in total. The number of aliphatic imine (C=N–C) groups is 1. The quantitative estimate of drug-likeness (QED) is 0.390. The van der Waals surface area contributed by atoms with Crippen molar-refractivity contribution in [2.24, 2.45) is 4.99 Å². The SMILES string of the molecule is CCOc1ccc(NC(=NC)NCc2ccc(NC(=O)NC(C)C)cc2)cc1OC. The van der Waals surface area contributed by atoms with Gasteiger partial charge >= 0.3 is 6.03 Å². The summed E-state index contributed by atoms with van der Waals surface area (Å²) in [6.07, 6.45) is 0. The van der Waals surface area contributed by atoms with Gasteiger partial charge in [0, 0.05) is 37.1 Å². The fourth-order valence-electron chi connectivity index (χ4n) is 2.66. The molecule has 8 heteroatoms. The third kappa shape index (κ3) is 7.20. The molecular formula is C22H31N5O3. The number of anilines is 2. The van der Waals surface area contributed by atoms with E-state index in [1.54, 1.807) is 14.2 Å². The molecule has 0 fully saturated rings. The first-order chi connectivity index (χ1) is 14.4. The Morgan fingerprint density at radius 3 is 2.33 bits per heavy atom. The van der Waals surface area contributed by atoms with Crippen LogP contribution in [0.1, 0.15) is 26.3 Å². The summed E-state index contributed by atoms with van der Waals surface area (Å²) in [5.41, 5.74) is 2.62. The maximum absolute atomic E-state index is 11.8. The van der Waals surface area contributed by atoms with Crippen LogP contribution in [0.4, 0.5) is 16.2 Å². The van der Waals surface area contributed by atoms with Crippen LogP contribution < -0.4 is 30.7 Å². The smallest absolute Gasteiger partial charge is 0.319 e. The van der Waals surface area contributed by atoms with Crippen molar-refractivity contribution < 1.29 is 14.3 Å². The van der Waals surface area contributed by atoms with Crippen LogP contribution >= 0.6 is 0 Å². The summed E-state index contributed by atoms with van der Waals surface area (Å²) in [4.78, 5) is 16.0. The normalized spacial score (nSPS) is 11.1. The van der Waals surface area contributed by atoms with E-state index in [0.29, 0.717) is 30.6 Å². The zero-order valence-electron chi connectivity index (χ0n) is 18.2. The molecule has 2 amide bonds. The number of nitrogens with one attached hydrogen (secondary N) is 4. The molecule has 0 radical (unpaired) electrons. The number of methoxy groups -OCH3 is 1. The molecule has 0 aromatic heterocycles. The fourth-order valence-corrected chi connectivity index (χ4v) is 2.66. The minimum Gasteiger partial charge on any atom is -0.493 e. The van der Waals surface area contributed by atoms with Gasteiger partial charge in [0.25, 0.3) is 0 Å². The lowest BCUT2D eigenvalue weighted by molar-refractivity contribution is 0.250. The highest BCUT2D eigenvalue weighted by molar-refractivity contribution is 5.94. The van der Waals surface area contributed by atoms with Gasteiger partial charge < -0.3 is 30.7 Å². The van der Waals surface area contributed by atoms with E-state index >= 15 is 0 Å². The van der Waals surface area contributed by atoms with Gasteiger partial charge in [-0.15, -0.1) is 0 Å². The standard InChI is InChI=1S/C22H31N5O3/c1-6-30-19-12-11-18(13-20(19)29-5)26-21(23-4)24-14-16-7-9-17(10-8-16)27-22(28)25-15(2)3/h7-13,15H,6,14H2,1-5H3,(H2,23,24,26)(H2,25,27,28). The Bertz CT molecular complexity index is 850. The van der Waals surface area contributed by atoms with Crippen molar-refractivity contribution in [3.05, 3.63) is 48.0 Å². The summed E-state index contributed by atoms with van der Waals surface area (Å²) in [7, 11) is 3.32. The molecule has 0 aliphatic carbocycles. The number of hydrogen-bond acceptors (Lipinski definition) is 4. The largest absolute Gasteiger partial charge is 0.493 e. The fraction of sp³-hybridized carbons (Fsp3) is 0.364. The number of carbonyl (C=O) groups excluding carboxylic acids is 1. The number of rotatable bonds is 8. The van der Waals surface area contributed by atoms with Gasteiger partial charge in [0.1, 0.15) is 0 Å². The lowest BCUT2D eigenvalue weighted by atomic mass is 10.2. The van der Waals surface area contributed by atoms with E-state index in [1.165, 1.54) is 0 Å². The first-order valence-corrected chi connectivity index (χ1v) is 9.90. The van der Waals surface area contributed by atoms with Crippen LogP contribution in [0.2, 0.25) is 0 Å². The van der Waals surface area contributed by atoms with Crippen LogP contribution in [0.3, 0.4) is 0 Å². The minimum absolute atomic E-state index is 0.0862. The second kappa shape index (κ2) is 11.5. The Balaban J connectivity index is 1.92. The number of carbonyl (C=O) groups is 1. The van der Waals surface area contributed by atoms with Gasteiger partial charge in [0.15, 0.2) is 17.5 Å². The summed E-state index contributed by atoms with van der Waals surface area (Å²) in [5, 5.41) is 12.1. The molecule has 8 nitrogen and oxygen atoms in total. The van der Waals surface area contributed by atoms with E-state index in [9.17, 15) is 4.79 Å². The molecule has 0 aliphatic heterocycles. The number of guanidine groups is 1. The summed E-state index contributed by atoms with van der Waals surface area (Å²) in [5.74, 6) is 1.98. The lowest BCUT2D eigenvalue weighted by Gasteiger charge is -2.15. The molecule has 0 unspecified atom stereocenters. The summed E-state index contributed by atoms with van der Waals surface area (Å²) in [6, 6.07) is 13.1. The average molecular weight is 414 g/mol. The zero-order chi connectivity index (χ0) is 21.9. The van der Waals surface area contributed by atoms with Crippen LogP contribution in [0.15, 0.2) is 47.5 Å². The Kier molecular flexibility index (Phi) is 8.80. The molecule has 0 heterocycles. The topological polar surface area (TPSA) is 96.0 Å². The molecule has 2 rings (SSSR count). The minimum atomic E-state index is -0.216. The van der Waals surface area contributed by atoms with E-state index in [4.69, 9.17) is 9.47 Å². The number of nitrogens with zero attached hydrogens (tertiary/aromatic N) is 1. The molecule has 0 spiro atoms. The van der Waals surface area contributed by atoms with E-state index < -0.39 is 0 Å². The second-order valence-electron chi connectivity index (χ2n) is 6.80. The van der Waals surface area contributed by atoms with Crippen molar-refractivity contribution in [3.8, 4) is 11.5 Å². The molecule has 0 atom stereocenters. The summed E-state index contributed by atoms with van der Waals surface area (Å²) >= 11 is 0. The van der Waals surface area contributed by atoms with Crippen molar-refractivity contribution in [1.29, 1.82) is 0 Å². The molecule has 0 saturated heterocycles. The zero-order valence-corrected chi connectivity index (χ0v) is 18.2. The molecular weight excluding hydrogens is 382 g/mol.